The molecule has 0 aliphatic carbocycles. The number of phosphoric acid groups is 3. The van der Waals surface area contributed by atoms with Gasteiger partial charge in [-0.3, -0.25) is 19.2 Å². The molecule has 1 aromatic carbocycles. The molecule has 1 saturated heterocycles. The Kier molecular flexibility index (Phi) is 10.6. The van der Waals surface area contributed by atoms with Crippen LogP contribution >= 0.6 is 23.5 Å². The van der Waals surface area contributed by atoms with Gasteiger partial charge in [-0.05, 0) is 31.0 Å². The molecule has 2 unspecified atom stereocenters. The van der Waals surface area contributed by atoms with Gasteiger partial charge in [-0.2, -0.15) is 8.62 Å². The van der Waals surface area contributed by atoms with Crippen LogP contribution in [0, 0.1) is 10.1 Å². The molecule has 8 N–H and O–H groups in total. The maximum Gasteiger partial charge on any atom is 0.490 e. The number of anilines is 1. The third kappa shape index (κ3) is 8.92. The van der Waals surface area contributed by atoms with Gasteiger partial charge < -0.3 is 40.5 Å². The summed E-state index contributed by atoms with van der Waals surface area (Å²) in [5, 5.41) is 11.7. The van der Waals surface area contributed by atoms with Gasteiger partial charge in [0.15, 0.2) is 11.5 Å². The van der Waals surface area contributed by atoms with Gasteiger partial charge in [0.25, 0.3) is 5.69 Å². The standard InChI is InChI=1S/C20H28N7O14P3/c21-5-1-2-12-3-4-13(14(6-12)27(28)29)8-37-9-16-15(39-43(33,34)41-44(35,36)40-42(30,31)32)7-17(38-16)26-11-25-18-19(22)23-10-24-20(18)26/h3-4,6,10-11,15-17H,1-2,5,7-9,21H2,(H,33,34)(H,35,36)(H2,22,23,24)(H2,30,31,32)/t15-,16+,17+/m0/s1. The van der Waals surface area contributed by atoms with Gasteiger partial charge in [-0.25, -0.2) is 28.6 Å². The van der Waals surface area contributed by atoms with Crippen molar-refractivity contribution in [3.05, 3.63) is 52.1 Å². The Morgan fingerprint density at radius 3 is 2.55 bits per heavy atom. The molecular weight excluding hydrogens is 655 g/mol. The van der Waals surface area contributed by atoms with E-state index in [2.05, 4.69) is 23.6 Å². The Balaban J connectivity index is 1.53. The number of ether oxygens (including phenoxy) is 2. The summed E-state index contributed by atoms with van der Waals surface area (Å²) in [6, 6.07) is 4.62. The van der Waals surface area contributed by atoms with Gasteiger partial charge in [0, 0.05) is 12.5 Å². The molecular formula is C20H28N7O14P3. The van der Waals surface area contributed by atoms with Gasteiger partial charge in [-0.1, -0.05) is 6.07 Å². The normalized spacial score (nSPS) is 21.7. The summed E-state index contributed by atoms with van der Waals surface area (Å²) in [7, 11) is -17.0. The van der Waals surface area contributed by atoms with E-state index in [1.807, 2.05) is 0 Å². The Morgan fingerprint density at radius 1 is 1.11 bits per heavy atom. The second-order valence-corrected chi connectivity index (χ2v) is 13.7. The minimum absolute atomic E-state index is 0.0621. The fourth-order valence-corrected chi connectivity index (χ4v) is 7.56. The number of hydrogen-bond donors (Lipinski definition) is 6. The number of aromatic nitrogens is 4. The summed E-state index contributed by atoms with van der Waals surface area (Å²) in [6.45, 7) is -0.248. The number of nitrogen functional groups attached to an aromatic ring is 1. The van der Waals surface area contributed by atoms with Crippen LogP contribution in [0.1, 0.15) is 30.2 Å². The first-order valence-electron chi connectivity index (χ1n) is 12.5. The predicted octanol–water partition coefficient (Wildman–Crippen LogP) is 1.42. The van der Waals surface area contributed by atoms with Crippen molar-refractivity contribution >= 4 is 46.1 Å². The van der Waals surface area contributed by atoms with Gasteiger partial charge >= 0.3 is 23.5 Å². The quantitative estimate of drug-likeness (QED) is 0.0749. The first-order chi connectivity index (χ1) is 20.6. The van der Waals surface area contributed by atoms with Crippen LogP contribution < -0.4 is 11.5 Å². The molecule has 21 nitrogen and oxygen atoms in total. The van der Waals surface area contributed by atoms with Gasteiger partial charge in [0.1, 0.15) is 30.3 Å². The van der Waals surface area contributed by atoms with Crippen LogP contribution in [0.2, 0.25) is 0 Å². The van der Waals surface area contributed by atoms with E-state index >= 15 is 0 Å². The predicted molar refractivity (Wildman–Crippen MR) is 147 cm³/mol. The second kappa shape index (κ2) is 13.7. The lowest BCUT2D eigenvalue weighted by molar-refractivity contribution is -0.386. The number of rotatable bonds is 15. The third-order valence-corrected chi connectivity index (χ3v) is 9.98. The zero-order valence-corrected chi connectivity index (χ0v) is 25.1. The number of nitrogens with zero attached hydrogens (tertiary/aromatic N) is 5. The number of nitro benzene ring substituents is 1. The summed E-state index contributed by atoms with van der Waals surface area (Å²) < 4.78 is 61.1. The molecule has 24 heteroatoms. The molecule has 1 aliphatic rings. The van der Waals surface area contributed by atoms with Crippen molar-refractivity contribution in [2.45, 2.75) is 44.3 Å². The van der Waals surface area contributed by atoms with Crippen LogP contribution in [-0.4, -0.2) is 69.4 Å². The number of fused-ring (bicyclic) bond motifs is 1. The molecule has 0 amide bonds. The summed E-state index contributed by atoms with van der Waals surface area (Å²) in [4.78, 5) is 60.4. The molecule has 1 aliphatic heterocycles. The van der Waals surface area contributed by atoms with Crippen LogP contribution in [0.4, 0.5) is 11.5 Å². The van der Waals surface area contributed by atoms with Crippen molar-refractivity contribution in [2.75, 3.05) is 18.9 Å². The zero-order valence-electron chi connectivity index (χ0n) is 22.5. The average molecular weight is 683 g/mol. The van der Waals surface area contributed by atoms with Crippen molar-refractivity contribution in [3.63, 3.8) is 0 Å². The molecule has 3 heterocycles. The van der Waals surface area contributed by atoms with Gasteiger partial charge in [-0.15, -0.1) is 0 Å². The SMILES string of the molecule is NCCCc1ccc(COC[C@H]2O[C@@H](n3cnc4c(N)ncnc43)C[C@@H]2OP(=O)(O)OP(=O)(O)OP(=O)(O)O)c([N+](=O)[O-])c1. The summed E-state index contributed by atoms with van der Waals surface area (Å²) >= 11 is 0. The van der Waals surface area contributed by atoms with Crippen LogP contribution in [0.15, 0.2) is 30.9 Å². The van der Waals surface area contributed by atoms with Crippen molar-refractivity contribution in [1.82, 2.24) is 19.5 Å². The fraction of sp³-hybridized carbons (Fsp3) is 0.450. The molecule has 44 heavy (non-hydrogen) atoms. The lowest BCUT2D eigenvalue weighted by Crippen LogP contribution is -2.28. The fourth-order valence-electron chi connectivity index (χ4n) is 4.33. The first kappa shape index (κ1) is 34.1. The van der Waals surface area contributed by atoms with E-state index in [1.54, 1.807) is 6.07 Å². The van der Waals surface area contributed by atoms with Crippen LogP contribution in [0.5, 0.6) is 0 Å². The number of phosphoric ester groups is 1. The third-order valence-electron chi connectivity index (χ3n) is 6.12. The monoisotopic (exact) mass is 683 g/mol. The molecule has 4 rings (SSSR count). The number of nitro groups is 1. The average Bonchev–Trinajstić information content (AvgIpc) is 3.50. The van der Waals surface area contributed by atoms with E-state index in [0.717, 1.165) is 0 Å². The molecule has 242 valence electrons. The highest BCUT2D eigenvalue weighted by Gasteiger charge is 2.46. The smallest absolute Gasteiger partial charge is 0.382 e. The largest absolute Gasteiger partial charge is 0.490 e. The van der Waals surface area contributed by atoms with E-state index in [9.17, 15) is 33.6 Å². The minimum Gasteiger partial charge on any atom is -0.382 e. The summed E-state index contributed by atoms with van der Waals surface area (Å²) in [6.07, 6.45) is -0.198. The molecule has 0 saturated carbocycles. The molecule has 2 aromatic heterocycles. The molecule has 0 spiro atoms. The van der Waals surface area contributed by atoms with Crippen molar-refractivity contribution in [1.29, 1.82) is 0 Å². The van der Waals surface area contributed by atoms with E-state index in [0.29, 0.717) is 24.9 Å². The van der Waals surface area contributed by atoms with Crippen LogP contribution in [0.25, 0.3) is 11.2 Å². The number of imidazole rings is 1. The van der Waals surface area contributed by atoms with E-state index in [1.165, 1.54) is 29.4 Å². The van der Waals surface area contributed by atoms with Gasteiger partial charge in [0.2, 0.25) is 0 Å². The summed E-state index contributed by atoms with van der Waals surface area (Å²) in [5.74, 6) is 0.0621. The highest BCUT2D eigenvalue weighted by molar-refractivity contribution is 7.66. The molecule has 1 fully saturated rings. The van der Waals surface area contributed by atoms with Crippen molar-refractivity contribution in [2.24, 2.45) is 5.73 Å². The molecule has 5 atom stereocenters. The van der Waals surface area contributed by atoms with E-state index in [4.69, 9.17) is 35.3 Å². The second-order valence-electron chi connectivity index (χ2n) is 9.31. The number of nitrogens with two attached hydrogens (primary N) is 2. The highest BCUT2D eigenvalue weighted by atomic mass is 31.3. The Morgan fingerprint density at radius 2 is 1.86 bits per heavy atom. The highest BCUT2D eigenvalue weighted by Crippen LogP contribution is 2.67. The maximum absolute atomic E-state index is 12.6. The number of aryl methyl sites for hydroxylation is 1. The lowest BCUT2D eigenvalue weighted by atomic mass is 10.1. The Hall–Kier alpha value is -2.74. The molecule has 3 aromatic rings. The molecule has 0 radical (unpaired) electrons. The van der Waals surface area contributed by atoms with Crippen molar-refractivity contribution < 1.29 is 60.8 Å². The number of hydrogen-bond acceptors (Lipinski definition) is 15. The molecule has 0 bridgehead atoms. The Bertz CT molecular complexity index is 1650. The van der Waals surface area contributed by atoms with E-state index < -0.39 is 46.8 Å². The lowest BCUT2D eigenvalue weighted by Gasteiger charge is -2.22. The first-order valence-corrected chi connectivity index (χ1v) is 17.0. The Labute approximate surface area is 247 Å². The summed E-state index contributed by atoms with van der Waals surface area (Å²) in [5.41, 5.74) is 12.5. The zero-order chi connectivity index (χ0) is 32.3. The van der Waals surface area contributed by atoms with Crippen LogP contribution in [0.3, 0.4) is 0 Å². The number of benzene rings is 1. The minimum atomic E-state index is -5.79. The van der Waals surface area contributed by atoms with Crippen molar-refractivity contribution in [3.8, 4) is 0 Å². The van der Waals surface area contributed by atoms with Gasteiger partial charge in [0.05, 0.1) is 30.0 Å². The topological polar surface area (TPSA) is 317 Å². The van der Waals surface area contributed by atoms with E-state index in [-0.39, 0.29) is 47.9 Å². The van der Waals surface area contributed by atoms with Crippen LogP contribution in [-0.2, 0) is 49.3 Å². The maximum atomic E-state index is 12.6.